The third-order valence-electron chi connectivity index (χ3n) is 5.74. The Morgan fingerprint density at radius 1 is 1.06 bits per heavy atom. The van der Waals surface area contributed by atoms with Crippen molar-refractivity contribution in [3.05, 3.63) is 66.3 Å². The van der Waals surface area contributed by atoms with Crippen LogP contribution in [0, 0.1) is 6.92 Å². The van der Waals surface area contributed by atoms with E-state index in [0.29, 0.717) is 11.8 Å². The van der Waals surface area contributed by atoms with Gasteiger partial charge in [-0.25, -0.2) is 14.5 Å². The summed E-state index contributed by atoms with van der Waals surface area (Å²) in [5.74, 6) is 2.66. The molecule has 1 aliphatic heterocycles. The summed E-state index contributed by atoms with van der Waals surface area (Å²) in [6.07, 6.45) is 11.8. The van der Waals surface area contributed by atoms with Gasteiger partial charge in [-0.3, -0.25) is 9.13 Å². The zero-order valence-corrected chi connectivity index (χ0v) is 17.3. The lowest BCUT2D eigenvalue weighted by atomic mass is 10.0. The minimum Gasteiger partial charge on any atom is -0.494 e. The molecule has 32 heavy (non-hydrogen) atoms. The smallest absolute Gasteiger partial charge is 0.238 e. The van der Waals surface area contributed by atoms with Crippen LogP contribution in [0.4, 0.5) is 5.82 Å². The lowest BCUT2D eigenvalue weighted by molar-refractivity contribution is 0.397. The van der Waals surface area contributed by atoms with Crippen molar-refractivity contribution in [2.45, 2.75) is 26.3 Å². The number of aromatic hydroxyl groups is 2. The molecule has 11 heteroatoms. The summed E-state index contributed by atoms with van der Waals surface area (Å²) in [6, 6.07) is 2.74. The van der Waals surface area contributed by atoms with Crippen molar-refractivity contribution in [3.8, 4) is 29.3 Å². The molecule has 1 unspecified atom stereocenters. The van der Waals surface area contributed by atoms with Crippen LogP contribution in [-0.2, 0) is 0 Å². The summed E-state index contributed by atoms with van der Waals surface area (Å²) in [7, 11) is 0. The third-order valence-corrected chi connectivity index (χ3v) is 5.74. The first-order valence-electron chi connectivity index (χ1n) is 10.2. The van der Waals surface area contributed by atoms with Crippen molar-refractivity contribution in [2.24, 2.45) is 0 Å². The summed E-state index contributed by atoms with van der Waals surface area (Å²) < 4.78 is 4.82. The van der Waals surface area contributed by atoms with Crippen LogP contribution in [0.15, 0.2) is 54.6 Å². The first-order chi connectivity index (χ1) is 15.6. The Bertz CT molecular complexity index is 1410. The van der Waals surface area contributed by atoms with Gasteiger partial charge in [0.1, 0.15) is 11.5 Å². The van der Waals surface area contributed by atoms with E-state index in [4.69, 9.17) is 4.98 Å². The summed E-state index contributed by atoms with van der Waals surface area (Å²) in [5, 5.41) is 29.1. The number of nitrogens with zero attached hydrogens (tertiary/aromatic N) is 9. The van der Waals surface area contributed by atoms with Crippen LogP contribution in [0.1, 0.15) is 31.0 Å². The van der Waals surface area contributed by atoms with Crippen molar-refractivity contribution in [1.29, 1.82) is 0 Å². The van der Waals surface area contributed by atoms with Crippen molar-refractivity contribution in [2.75, 3.05) is 4.90 Å². The molecule has 5 heterocycles. The van der Waals surface area contributed by atoms with Crippen LogP contribution in [0.3, 0.4) is 0 Å². The second kappa shape index (κ2) is 6.54. The van der Waals surface area contributed by atoms with Gasteiger partial charge < -0.3 is 15.1 Å². The molecule has 11 nitrogen and oxygen atoms in total. The molecule has 2 aliphatic rings. The molecule has 0 amide bonds. The van der Waals surface area contributed by atoms with E-state index in [1.807, 2.05) is 29.7 Å². The molecule has 0 bridgehead atoms. The van der Waals surface area contributed by atoms with Crippen LogP contribution < -0.4 is 4.90 Å². The highest BCUT2D eigenvalue weighted by atomic mass is 16.3. The monoisotopic (exact) mass is 429 g/mol. The van der Waals surface area contributed by atoms with Gasteiger partial charge in [0.2, 0.25) is 23.7 Å². The average Bonchev–Trinajstić information content (AvgIpc) is 3.46. The quantitative estimate of drug-likeness (QED) is 0.507. The average molecular weight is 429 g/mol. The van der Waals surface area contributed by atoms with Gasteiger partial charge in [0, 0.05) is 30.2 Å². The second-order valence-electron chi connectivity index (χ2n) is 7.55. The van der Waals surface area contributed by atoms with E-state index in [0.717, 1.165) is 29.5 Å². The van der Waals surface area contributed by atoms with Gasteiger partial charge in [-0.15, -0.1) is 10.2 Å². The van der Waals surface area contributed by atoms with Crippen molar-refractivity contribution in [3.63, 3.8) is 0 Å². The number of aryl methyl sites for hydroxylation is 1. The molecule has 160 valence electrons. The molecule has 2 N–H and O–H groups in total. The van der Waals surface area contributed by atoms with Crippen LogP contribution in [0.2, 0.25) is 0 Å². The molecule has 0 aromatic carbocycles. The zero-order chi connectivity index (χ0) is 22.0. The molecule has 6 rings (SSSR count). The Labute approximate surface area is 182 Å². The standard InChI is InChI=1S/C21H19N9O2/c1-3-14-19-26-25-12(2)28(19)15-11-23-20(24-18(15)29(14)13-5-4-6-13)27-10-9-22-21(27)30-16(31)7-8-17(30)32/h4-11,14,31-32H,3H2,1-2H3. The maximum atomic E-state index is 10.2. The molecule has 0 saturated heterocycles. The maximum Gasteiger partial charge on any atom is 0.238 e. The van der Waals surface area contributed by atoms with Crippen LogP contribution >= 0.6 is 0 Å². The molecule has 4 aromatic heterocycles. The van der Waals surface area contributed by atoms with E-state index >= 15 is 0 Å². The minimum atomic E-state index is -0.143. The van der Waals surface area contributed by atoms with Crippen molar-refractivity contribution < 1.29 is 10.2 Å². The molecule has 0 fully saturated rings. The van der Waals surface area contributed by atoms with E-state index in [1.165, 1.54) is 16.7 Å². The molecule has 0 spiro atoms. The summed E-state index contributed by atoms with van der Waals surface area (Å²) in [4.78, 5) is 15.9. The number of aromatic nitrogens is 8. The lowest BCUT2D eigenvalue weighted by Gasteiger charge is -2.38. The normalized spacial score (nSPS) is 16.5. The second-order valence-corrected chi connectivity index (χ2v) is 7.55. The minimum absolute atomic E-state index is 0.0394. The molecule has 4 aromatic rings. The van der Waals surface area contributed by atoms with E-state index in [9.17, 15) is 10.2 Å². The first-order valence-corrected chi connectivity index (χ1v) is 10.2. The van der Waals surface area contributed by atoms with Gasteiger partial charge >= 0.3 is 0 Å². The maximum absolute atomic E-state index is 10.2. The summed E-state index contributed by atoms with van der Waals surface area (Å²) in [5.41, 5.74) is 1.81. The van der Waals surface area contributed by atoms with Crippen LogP contribution in [0.25, 0.3) is 17.6 Å². The van der Waals surface area contributed by atoms with E-state index in [1.54, 1.807) is 23.2 Å². The van der Waals surface area contributed by atoms with Crippen LogP contribution in [-0.4, -0.2) is 49.1 Å². The zero-order valence-electron chi connectivity index (χ0n) is 17.3. The molecule has 0 radical (unpaired) electrons. The van der Waals surface area contributed by atoms with Crippen molar-refractivity contribution >= 4 is 5.82 Å². The number of fused-ring (bicyclic) bond motifs is 3. The number of hydrogen-bond acceptors (Lipinski definition) is 8. The SMILES string of the molecule is CCC1c2nnc(C)n2-c2cnc(-n3ccnc3-n3c(O)ccc3O)nc2N1C1=CC=C1. The van der Waals surface area contributed by atoms with Crippen molar-refractivity contribution in [1.82, 2.24) is 38.9 Å². The number of rotatable bonds is 4. The van der Waals surface area contributed by atoms with E-state index in [-0.39, 0.29) is 23.8 Å². The van der Waals surface area contributed by atoms with Gasteiger partial charge in [-0.05, 0) is 25.5 Å². The van der Waals surface area contributed by atoms with E-state index in [2.05, 4.69) is 32.0 Å². The fourth-order valence-corrected chi connectivity index (χ4v) is 4.21. The number of anilines is 1. The van der Waals surface area contributed by atoms with E-state index < -0.39 is 0 Å². The Kier molecular flexibility index (Phi) is 3.75. The lowest BCUT2D eigenvalue weighted by Crippen LogP contribution is -2.36. The predicted octanol–water partition coefficient (Wildman–Crippen LogP) is 2.48. The predicted molar refractivity (Wildman–Crippen MR) is 114 cm³/mol. The molecular weight excluding hydrogens is 410 g/mol. The topological polar surface area (TPSA) is 123 Å². The first kappa shape index (κ1) is 18.4. The third kappa shape index (κ3) is 2.38. The Hall–Kier alpha value is -4.41. The fourth-order valence-electron chi connectivity index (χ4n) is 4.21. The van der Waals surface area contributed by atoms with Crippen LogP contribution in [0.5, 0.6) is 11.8 Å². The molecular formula is C21H19N9O2. The number of allylic oxidation sites excluding steroid dienone is 3. The van der Waals surface area contributed by atoms with Gasteiger partial charge in [-0.1, -0.05) is 13.0 Å². The largest absolute Gasteiger partial charge is 0.494 e. The summed E-state index contributed by atoms with van der Waals surface area (Å²) in [6.45, 7) is 4.01. The Balaban J connectivity index is 1.56. The molecule has 1 atom stereocenters. The Morgan fingerprint density at radius 2 is 1.84 bits per heavy atom. The molecule has 0 saturated carbocycles. The number of hydrogen-bond donors (Lipinski definition) is 2. The highest BCUT2D eigenvalue weighted by Gasteiger charge is 2.37. The summed E-state index contributed by atoms with van der Waals surface area (Å²) >= 11 is 0. The van der Waals surface area contributed by atoms with Gasteiger partial charge in [0.25, 0.3) is 0 Å². The van der Waals surface area contributed by atoms with Gasteiger partial charge in [-0.2, -0.15) is 4.98 Å². The highest BCUT2D eigenvalue weighted by Crippen LogP contribution is 2.42. The van der Waals surface area contributed by atoms with Gasteiger partial charge in [0.15, 0.2) is 11.6 Å². The van der Waals surface area contributed by atoms with Gasteiger partial charge in [0.05, 0.1) is 12.2 Å². The number of imidazole rings is 1. The fraction of sp³-hybridized carbons (Fsp3) is 0.190. The Morgan fingerprint density at radius 3 is 2.53 bits per heavy atom. The molecule has 1 aliphatic carbocycles. The highest BCUT2D eigenvalue weighted by molar-refractivity contribution is 5.68.